The van der Waals surface area contributed by atoms with Gasteiger partial charge in [0.15, 0.2) is 0 Å². The molecule has 4 aromatic carbocycles. The highest BCUT2D eigenvalue weighted by atomic mass is 16.5. The molecule has 2 heterocycles. The van der Waals surface area contributed by atoms with Crippen LogP contribution >= 0.6 is 0 Å². The van der Waals surface area contributed by atoms with E-state index in [0.29, 0.717) is 0 Å². The predicted molar refractivity (Wildman–Crippen MR) is 138 cm³/mol. The van der Waals surface area contributed by atoms with Crippen molar-refractivity contribution in [1.82, 2.24) is 0 Å². The molecule has 0 aliphatic carbocycles. The fraction of sp³-hybridized carbons (Fsp3) is 0. The number of fused-ring (bicyclic) bond motifs is 4. The van der Waals surface area contributed by atoms with Crippen molar-refractivity contribution in [3.8, 4) is 34.1 Å². The molecule has 0 fully saturated rings. The Balaban J connectivity index is 1.57. The Labute approximate surface area is 194 Å². The zero-order valence-corrected chi connectivity index (χ0v) is 18.1. The summed E-state index contributed by atoms with van der Waals surface area (Å²) >= 11 is 0. The van der Waals surface area contributed by atoms with Gasteiger partial charge in [-0.3, -0.25) is 0 Å². The van der Waals surface area contributed by atoms with Gasteiger partial charge in [0.1, 0.15) is 23.0 Å². The van der Waals surface area contributed by atoms with Crippen LogP contribution in [0.25, 0.3) is 16.7 Å². The highest BCUT2D eigenvalue weighted by molar-refractivity contribution is 6.98. The van der Waals surface area contributed by atoms with E-state index in [2.05, 4.69) is 73.8 Å². The zero-order valence-electron chi connectivity index (χ0n) is 18.1. The number of benzene rings is 4. The molecule has 0 spiro atoms. The van der Waals surface area contributed by atoms with Gasteiger partial charge < -0.3 is 9.47 Å². The summed E-state index contributed by atoms with van der Waals surface area (Å²) in [4.78, 5) is 0. The van der Waals surface area contributed by atoms with Crippen LogP contribution in [0.3, 0.4) is 0 Å². The Bertz CT molecular complexity index is 1450. The Morgan fingerprint density at radius 1 is 0.697 bits per heavy atom. The smallest absolute Gasteiger partial charge is 0.260 e. The first-order chi connectivity index (χ1) is 16.3. The summed E-state index contributed by atoms with van der Waals surface area (Å²) in [6, 6.07) is 29.2. The minimum Gasteiger partial charge on any atom is -0.458 e. The van der Waals surface area contributed by atoms with E-state index >= 15 is 0 Å². The van der Waals surface area contributed by atoms with E-state index in [1.165, 1.54) is 5.56 Å². The number of hydrogen-bond donors (Lipinski definition) is 0. The van der Waals surface area contributed by atoms with Crippen LogP contribution < -0.4 is 25.9 Å². The normalized spacial score (nSPS) is 13.1. The largest absolute Gasteiger partial charge is 0.458 e. The fourth-order valence-corrected chi connectivity index (χ4v) is 4.88. The van der Waals surface area contributed by atoms with Crippen LogP contribution in [0.15, 0.2) is 116 Å². The fourth-order valence-electron chi connectivity index (χ4n) is 4.88. The minimum atomic E-state index is 0.0308. The van der Waals surface area contributed by atoms with E-state index in [9.17, 15) is 0 Å². The van der Waals surface area contributed by atoms with Crippen LogP contribution in [0.5, 0.6) is 23.0 Å². The first kappa shape index (κ1) is 19.5. The maximum Gasteiger partial charge on any atom is 0.260 e. The van der Waals surface area contributed by atoms with Crippen molar-refractivity contribution in [3.05, 3.63) is 122 Å². The summed E-state index contributed by atoms with van der Waals surface area (Å²) in [5, 5.41) is 0. The van der Waals surface area contributed by atoms with Gasteiger partial charge in [0.05, 0.1) is 0 Å². The molecule has 156 valence electrons. The maximum atomic E-state index is 6.49. The molecule has 0 saturated heterocycles. The third-order valence-corrected chi connectivity index (χ3v) is 6.36. The van der Waals surface area contributed by atoms with Crippen molar-refractivity contribution >= 4 is 28.7 Å². The molecule has 0 bridgehead atoms. The average Bonchev–Trinajstić information content (AvgIpc) is 2.87. The molecular weight excluding hydrogens is 403 g/mol. The van der Waals surface area contributed by atoms with Crippen molar-refractivity contribution in [3.63, 3.8) is 0 Å². The summed E-state index contributed by atoms with van der Waals surface area (Å²) in [6.45, 7) is 7.88. The van der Waals surface area contributed by atoms with Crippen LogP contribution in [-0.4, -0.2) is 6.71 Å². The van der Waals surface area contributed by atoms with Gasteiger partial charge in [-0.1, -0.05) is 98.1 Å². The molecule has 2 aliphatic rings. The van der Waals surface area contributed by atoms with Gasteiger partial charge in [0.2, 0.25) is 0 Å². The molecule has 33 heavy (non-hydrogen) atoms. The third kappa shape index (κ3) is 3.05. The second-order valence-electron chi connectivity index (χ2n) is 8.21. The van der Waals surface area contributed by atoms with Gasteiger partial charge in [0, 0.05) is 11.0 Å². The molecule has 0 N–H and O–H groups in total. The molecule has 6 rings (SSSR count). The number of hydrogen-bond acceptors (Lipinski definition) is 2. The highest BCUT2D eigenvalue weighted by Gasteiger charge is 2.40. The summed E-state index contributed by atoms with van der Waals surface area (Å²) < 4.78 is 12.9. The van der Waals surface area contributed by atoms with E-state index in [1.807, 2.05) is 36.4 Å². The number of ether oxygens (including phenoxy) is 2. The van der Waals surface area contributed by atoms with Gasteiger partial charge in [-0.15, -0.1) is 0 Å². The number of rotatable bonds is 4. The first-order valence-corrected chi connectivity index (χ1v) is 11.0. The maximum absolute atomic E-state index is 6.49. The zero-order chi connectivity index (χ0) is 22.4. The van der Waals surface area contributed by atoms with Gasteiger partial charge in [-0.2, -0.15) is 0 Å². The van der Waals surface area contributed by atoms with Crippen LogP contribution in [0.1, 0.15) is 5.56 Å². The molecule has 0 unspecified atom stereocenters. The Morgan fingerprint density at radius 2 is 1.48 bits per heavy atom. The Hall–Kier alpha value is -4.24. The lowest BCUT2D eigenvalue weighted by atomic mass is 9.34. The predicted octanol–water partition coefficient (Wildman–Crippen LogP) is 5.84. The lowest BCUT2D eigenvalue weighted by molar-refractivity contribution is 0.464. The highest BCUT2D eigenvalue weighted by Crippen LogP contribution is 2.38. The molecule has 2 nitrogen and oxygen atoms in total. The van der Waals surface area contributed by atoms with Crippen LogP contribution in [0.4, 0.5) is 0 Å². The molecule has 0 radical (unpaired) electrons. The van der Waals surface area contributed by atoms with Gasteiger partial charge in [-0.05, 0) is 45.8 Å². The van der Waals surface area contributed by atoms with Crippen molar-refractivity contribution in [2.45, 2.75) is 0 Å². The topological polar surface area (TPSA) is 18.5 Å². The monoisotopic (exact) mass is 424 g/mol. The van der Waals surface area contributed by atoms with Crippen LogP contribution in [0, 0.1) is 0 Å². The Kier molecular flexibility index (Phi) is 4.55. The van der Waals surface area contributed by atoms with Gasteiger partial charge in [0.25, 0.3) is 6.71 Å². The summed E-state index contributed by atoms with van der Waals surface area (Å²) in [7, 11) is 0. The number of para-hydroxylation sites is 1. The van der Waals surface area contributed by atoms with Gasteiger partial charge >= 0.3 is 0 Å². The molecule has 0 amide bonds. The lowest BCUT2D eigenvalue weighted by Gasteiger charge is -2.34. The van der Waals surface area contributed by atoms with E-state index < -0.39 is 0 Å². The summed E-state index contributed by atoms with van der Waals surface area (Å²) in [6.07, 6.45) is 5.58. The first-order valence-electron chi connectivity index (χ1n) is 11.0. The molecule has 4 aromatic rings. The van der Waals surface area contributed by atoms with E-state index in [1.54, 1.807) is 6.08 Å². The third-order valence-electron chi connectivity index (χ3n) is 6.36. The van der Waals surface area contributed by atoms with Gasteiger partial charge in [-0.25, -0.2) is 0 Å². The standard InChI is InChI=1S/C30H21BO2/c1-3-10-20(4-2)23-13-8-14-25-30(23)33-27-16-9-15-26-29(27)31(25)24-18-17-22(19-28(24)32-26)21-11-6-5-7-12-21/h3-19H,1-2H2/b20-10+. The molecule has 0 saturated carbocycles. The van der Waals surface area contributed by atoms with E-state index in [0.717, 1.165) is 56.1 Å². The minimum absolute atomic E-state index is 0.0308. The summed E-state index contributed by atoms with van der Waals surface area (Å²) in [5.74, 6) is 3.42. The Morgan fingerprint density at radius 3 is 2.27 bits per heavy atom. The lowest BCUT2D eigenvalue weighted by Crippen LogP contribution is -2.57. The molecule has 3 heteroatoms. The second kappa shape index (κ2) is 7.72. The van der Waals surface area contributed by atoms with Crippen LogP contribution in [-0.2, 0) is 0 Å². The molecule has 2 aliphatic heterocycles. The van der Waals surface area contributed by atoms with E-state index in [-0.39, 0.29) is 6.71 Å². The van der Waals surface area contributed by atoms with Crippen molar-refractivity contribution in [1.29, 1.82) is 0 Å². The van der Waals surface area contributed by atoms with Crippen molar-refractivity contribution < 1.29 is 9.47 Å². The molecule has 0 atom stereocenters. The number of allylic oxidation sites excluding steroid dienone is 4. The van der Waals surface area contributed by atoms with Crippen molar-refractivity contribution in [2.75, 3.05) is 0 Å². The quantitative estimate of drug-likeness (QED) is 0.262. The molecular formula is C30H21BO2. The van der Waals surface area contributed by atoms with Crippen LogP contribution in [0.2, 0.25) is 0 Å². The van der Waals surface area contributed by atoms with Crippen molar-refractivity contribution in [2.24, 2.45) is 0 Å². The van der Waals surface area contributed by atoms with E-state index in [4.69, 9.17) is 9.47 Å². The second-order valence-corrected chi connectivity index (χ2v) is 8.21. The molecule has 0 aromatic heterocycles. The average molecular weight is 424 g/mol. The summed E-state index contributed by atoms with van der Waals surface area (Å²) in [5.41, 5.74) is 7.64. The SMILES string of the molecule is C=C/C=C(\C=C)c1cccc2c1Oc1cccc3c1B2c1ccc(-c2ccccc2)cc1O3.